The van der Waals surface area contributed by atoms with Crippen LogP contribution in [0.2, 0.25) is 0 Å². The highest BCUT2D eigenvalue weighted by Gasteiger charge is 2.56. The second-order valence-electron chi connectivity index (χ2n) is 7.01. The summed E-state index contributed by atoms with van der Waals surface area (Å²) in [5, 5.41) is 3.98. The van der Waals surface area contributed by atoms with Crippen LogP contribution in [0.25, 0.3) is 11.5 Å². The Hall–Kier alpha value is -2.24. The maximum Gasteiger partial charge on any atom is 0.258 e. The van der Waals surface area contributed by atoms with Gasteiger partial charge in [0.2, 0.25) is 0 Å². The molecule has 2 heterocycles. The van der Waals surface area contributed by atoms with Gasteiger partial charge < -0.3 is 9.42 Å². The second-order valence-corrected chi connectivity index (χ2v) is 7.01. The number of aromatic nitrogens is 2. The molecular formula is C18H20FN3O2. The maximum atomic E-state index is 12.9. The van der Waals surface area contributed by atoms with Crippen LogP contribution >= 0.6 is 0 Å². The Bertz CT molecular complexity index is 761. The van der Waals surface area contributed by atoms with Gasteiger partial charge >= 0.3 is 0 Å². The predicted octanol–water partition coefficient (Wildman–Crippen LogP) is 3.15. The summed E-state index contributed by atoms with van der Waals surface area (Å²) in [7, 11) is 0. The number of rotatable bonds is 4. The van der Waals surface area contributed by atoms with Crippen LogP contribution in [0.3, 0.4) is 0 Å². The number of likely N-dealkylation sites (tertiary alicyclic amines) is 1. The molecule has 1 aliphatic heterocycles. The third-order valence-electron chi connectivity index (χ3n) is 5.18. The van der Waals surface area contributed by atoms with Crippen molar-refractivity contribution >= 4 is 5.91 Å². The quantitative estimate of drug-likeness (QED) is 0.864. The Balaban J connectivity index is 1.59. The van der Waals surface area contributed by atoms with Gasteiger partial charge in [-0.25, -0.2) is 0 Å². The minimum Gasteiger partial charge on any atom is -0.338 e. The van der Waals surface area contributed by atoms with Crippen LogP contribution in [-0.2, 0) is 0 Å². The number of carbonyl (C=O) groups excluding carboxylic acids is 1. The molecular weight excluding hydrogens is 309 g/mol. The fraction of sp³-hybridized carbons (Fsp3) is 0.500. The van der Waals surface area contributed by atoms with E-state index in [9.17, 15) is 9.18 Å². The van der Waals surface area contributed by atoms with Gasteiger partial charge in [-0.2, -0.15) is 4.98 Å². The summed E-state index contributed by atoms with van der Waals surface area (Å²) >= 11 is 0. The SMILES string of the molecule is CC(C)c1noc(-c2ccccc2C(=O)N2C[C@@H]3C(CF)[C@@H]3C2)n1. The zero-order valence-corrected chi connectivity index (χ0v) is 13.8. The van der Waals surface area contributed by atoms with E-state index in [2.05, 4.69) is 10.1 Å². The van der Waals surface area contributed by atoms with Gasteiger partial charge in [0.05, 0.1) is 17.8 Å². The monoisotopic (exact) mass is 329 g/mol. The number of fused-ring (bicyclic) bond motifs is 1. The molecule has 1 saturated carbocycles. The van der Waals surface area contributed by atoms with Crippen molar-refractivity contribution in [2.45, 2.75) is 19.8 Å². The molecule has 1 unspecified atom stereocenters. The van der Waals surface area contributed by atoms with Crippen LogP contribution in [0.15, 0.2) is 28.8 Å². The lowest BCUT2D eigenvalue weighted by Gasteiger charge is -2.20. The summed E-state index contributed by atoms with van der Waals surface area (Å²) in [6.07, 6.45) is 0. The number of piperidine rings is 1. The highest BCUT2D eigenvalue weighted by Crippen LogP contribution is 2.52. The first-order valence-electron chi connectivity index (χ1n) is 8.38. The van der Waals surface area contributed by atoms with E-state index in [1.807, 2.05) is 36.9 Å². The summed E-state index contributed by atoms with van der Waals surface area (Å²) in [6, 6.07) is 7.29. The molecule has 0 spiro atoms. The summed E-state index contributed by atoms with van der Waals surface area (Å²) in [5.41, 5.74) is 1.22. The molecule has 1 aliphatic carbocycles. The van der Waals surface area contributed by atoms with Gasteiger partial charge in [0, 0.05) is 19.0 Å². The van der Waals surface area contributed by atoms with E-state index in [4.69, 9.17) is 4.52 Å². The molecule has 3 atom stereocenters. The van der Waals surface area contributed by atoms with Gasteiger partial charge in [0.1, 0.15) is 0 Å². The van der Waals surface area contributed by atoms with Crippen molar-refractivity contribution in [1.29, 1.82) is 0 Å². The van der Waals surface area contributed by atoms with Gasteiger partial charge in [0.15, 0.2) is 5.82 Å². The number of carbonyl (C=O) groups is 1. The summed E-state index contributed by atoms with van der Waals surface area (Å²) in [5.74, 6) is 1.94. The van der Waals surface area contributed by atoms with E-state index in [-0.39, 0.29) is 24.4 Å². The second kappa shape index (κ2) is 5.69. The highest BCUT2D eigenvalue weighted by atomic mass is 19.1. The van der Waals surface area contributed by atoms with Crippen LogP contribution in [0.1, 0.15) is 35.9 Å². The van der Waals surface area contributed by atoms with Crippen LogP contribution < -0.4 is 0 Å². The van der Waals surface area contributed by atoms with E-state index in [1.54, 1.807) is 6.07 Å². The third kappa shape index (κ3) is 2.41. The maximum absolute atomic E-state index is 12.9. The zero-order valence-electron chi connectivity index (χ0n) is 13.8. The molecule has 1 saturated heterocycles. The van der Waals surface area contributed by atoms with Gasteiger partial charge in [-0.05, 0) is 29.9 Å². The predicted molar refractivity (Wildman–Crippen MR) is 86.2 cm³/mol. The van der Waals surface area contributed by atoms with E-state index < -0.39 is 0 Å². The average molecular weight is 329 g/mol. The molecule has 0 radical (unpaired) electrons. The molecule has 24 heavy (non-hydrogen) atoms. The molecule has 2 aromatic rings. The first-order valence-corrected chi connectivity index (χ1v) is 8.38. The fourth-order valence-electron chi connectivity index (χ4n) is 3.65. The first kappa shape index (κ1) is 15.3. The number of alkyl halides is 1. The molecule has 4 rings (SSSR count). The van der Waals surface area contributed by atoms with Crippen molar-refractivity contribution in [3.63, 3.8) is 0 Å². The Labute approximate surface area is 139 Å². The minimum absolute atomic E-state index is 0.0419. The Morgan fingerprint density at radius 1 is 1.33 bits per heavy atom. The molecule has 1 aromatic heterocycles. The Morgan fingerprint density at radius 2 is 2.04 bits per heavy atom. The third-order valence-corrected chi connectivity index (χ3v) is 5.18. The molecule has 1 amide bonds. The first-order chi connectivity index (χ1) is 11.6. The molecule has 5 nitrogen and oxygen atoms in total. The molecule has 0 bridgehead atoms. The normalized spacial score (nSPS) is 25.2. The molecule has 0 N–H and O–H groups in total. The number of nitrogens with zero attached hydrogens (tertiary/aromatic N) is 3. The van der Waals surface area contributed by atoms with Gasteiger partial charge in [-0.15, -0.1) is 0 Å². The van der Waals surface area contributed by atoms with Crippen LogP contribution in [0.5, 0.6) is 0 Å². The van der Waals surface area contributed by atoms with Crippen molar-refractivity contribution in [2.24, 2.45) is 17.8 Å². The van der Waals surface area contributed by atoms with Crippen molar-refractivity contribution < 1.29 is 13.7 Å². The van der Waals surface area contributed by atoms with Crippen molar-refractivity contribution in [3.05, 3.63) is 35.7 Å². The molecule has 126 valence electrons. The van der Waals surface area contributed by atoms with E-state index in [0.29, 0.717) is 47.8 Å². The fourth-order valence-corrected chi connectivity index (χ4v) is 3.65. The summed E-state index contributed by atoms with van der Waals surface area (Å²) < 4.78 is 18.1. The lowest BCUT2D eigenvalue weighted by molar-refractivity contribution is 0.0765. The van der Waals surface area contributed by atoms with Gasteiger partial charge in [-0.1, -0.05) is 31.1 Å². The summed E-state index contributed by atoms with van der Waals surface area (Å²) in [6.45, 7) is 5.00. The van der Waals surface area contributed by atoms with Crippen molar-refractivity contribution in [3.8, 4) is 11.5 Å². The number of hydrogen-bond donors (Lipinski definition) is 0. The highest BCUT2D eigenvalue weighted by molar-refractivity contribution is 6.00. The van der Waals surface area contributed by atoms with Crippen molar-refractivity contribution in [1.82, 2.24) is 15.0 Å². The van der Waals surface area contributed by atoms with Crippen LogP contribution in [0, 0.1) is 17.8 Å². The molecule has 6 heteroatoms. The smallest absolute Gasteiger partial charge is 0.258 e. The lowest BCUT2D eigenvalue weighted by atomic mass is 10.1. The largest absolute Gasteiger partial charge is 0.338 e. The zero-order chi connectivity index (χ0) is 16.8. The van der Waals surface area contributed by atoms with E-state index >= 15 is 0 Å². The topological polar surface area (TPSA) is 59.2 Å². The van der Waals surface area contributed by atoms with Crippen molar-refractivity contribution in [2.75, 3.05) is 19.8 Å². The Kier molecular flexibility index (Phi) is 3.62. The molecule has 2 aliphatic rings. The van der Waals surface area contributed by atoms with Gasteiger partial charge in [0.25, 0.3) is 11.8 Å². The van der Waals surface area contributed by atoms with Crippen LogP contribution in [-0.4, -0.2) is 40.7 Å². The average Bonchev–Trinajstić information content (AvgIpc) is 3.00. The Morgan fingerprint density at radius 3 is 2.67 bits per heavy atom. The lowest BCUT2D eigenvalue weighted by Crippen LogP contribution is -2.32. The van der Waals surface area contributed by atoms with E-state index in [1.165, 1.54) is 0 Å². The number of benzene rings is 1. The number of amides is 1. The minimum atomic E-state index is -0.270. The number of halogens is 1. The summed E-state index contributed by atoms with van der Waals surface area (Å²) in [4.78, 5) is 19.1. The molecule has 1 aromatic carbocycles. The van der Waals surface area contributed by atoms with Gasteiger partial charge in [-0.3, -0.25) is 9.18 Å². The van der Waals surface area contributed by atoms with E-state index in [0.717, 1.165) is 0 Å². The standard InChI is InChI=1S/C18H20FN3O2/c1-10(2)16-20-17(24-21-16)11-5-3-4-6-12(11)18(23)22-8-14-13(7-19)15(14)9-22/h3-6,10,13-15H,7-9H2,1-2H3/t13?,14-,15+. The molecule has 2 fully saturated rings. The number of hydrogen-bond acceptors (Lipinski definition) is 4. The van der Waals surface area contributed by atoms with Crippen LogP contribution in [0.4, 0.5) is 4.39 Å².